The van der Waals surface area contributed by atoms with Crippen molar-refractivity contribution >= 4 is 11.3 Å². The SMILES string of the molecule is CNc1ccc(C2=C(C)CCN(Cc3ccccc3)C2)cc1. The minimum Gasteiger partial charge on any atom is -0.388 e. The standard InChI is InChI=1S/C20H24N2/c1-16-12-13-22(14-17-6-4-3-5-7-17)15-20(16)18-8-10-19(21-2)11-9-18/h3-11,21H,12-15H2,1-2H3. The third-order valence-corrected chi connectivity index (χ3v) is 4.47. The summed E-state index contributed by atoms with van der Waals surface area (Å²) in [5.74, 6) is 0. The van der Waals surface area contributed by atoms with Crippen LogP contribution in [0.15, 0.2) is 60.2 Å². The molecular weight excluding hydrogens is 268 g/mol. The van der Waals surface area contributed by atoms with E-state index in [1.54, 1.807) is 0 Å². The van der Waals surface area contributed by atoms with Crippen molar-refractivity contribution in [3.63, 3.8) is 0 Å². The van der Waals surface area contributed by atoms with Crippen molar-refractivity contribution in [2.75, 3.05) is 25.5 Å². The molecule has 0 unspecified atom stereocenters. The van der Waals surface area contributed by atoms with E-state index in [-0.39, 0.29) is 0 Å². The number of rotatable bonds is 4. The second kappa shape index (κ2) is 6.80. The fourth-order valence-corrected chi connectivity index (χ4v) is 3.07. The molecular formula is C20H24N2. The van der Waals surface area contributed by atoms with Gasteiger partial charge in [-0.25, -0.2) is 0 Å². The van der Waals surface area contributed by atoms with Gasteiger partial charge in [-0.15, -0.1) is 0 Å². The summed E-state index contributed by atoms with van der Waals surface area (Å²) in [5.41, 5.74) is 6.94. The van der Waals surface area contributed by atoms with Crippen LogP contribution in [0.1, 0.15) is 24.5 Å². The van der Waals surface area contributed by atoms with Gasteiger partial charge in [0.05, 0.1) is 0 Å². The summed E-state index contributed by atoms with van der Waals surface area (Å²) in [5, 5.41) is 3.18. The maximum atomic E-state index is 3.18. The molecule has 0 radical (unpaired) electrons. The Morgan fingerprint density at radius 2 is 1.73 bits per heavy atom. The first-order chi connectivity index (χ1) is 10.8. The van der Waals surface area contributed by atoms with Gasteiger partial charge >= 0.3 is 0 Å². The van der Waals surface area contributed by atoms with Gasteiger partial charge in [-0.1, -0.05) is 48.0 Å². The normalized spacial score (nSPS) is 15.9. The molecule has 1 aliphatic rings. The molecule has 0 aliphatic carbocycles. The minimum absolute atomic E-state index is 1.03. The molecule has 114 valence electrons. The van der Waals surface area contributed by atoms with E-state index in [1.165, 1.54) is 28.0 Å². The first-order valence-electron chi connectivity index (χ1n) is 7.99. The van der Waals surface area contributed by atoms with Crippen molar-refractivity contribution in [1.29, 1.82) is 0 Å². The smallest absolute Gasteiger partial charge is 0.0337 e. The maximum Gasteiger partial charge on any atom is 0.0337 e. The van der Waals surface area contributed by atoms with Crippen LogP contribution in [-0.2, 0) is 6.54 Å². The molecule has 0 atom stereocenters. The predicted octanol–water partition coefficient (Wildman–Crippen LogP) is 4.41. The second-order valence-corrected chi connectivity index (χ2v) is 6.03. The first-order valence-corrected chi connectivity index (χ1v) is 7.99. The Morgan fingerprint density at radius 1 is 1.00 bits per heavy atom. The van der Waals surface area contributed by atoms with Crippen molar-refractivity contribution in [1.82, 2.24) is 4.90 Å². The molecule has 1 N–H and O–H groups in total. The van der Waals surface area contributed by atoms with Crippen LogP contribution in [0.3, 0.4) is 0 Å². The quantitative estimate of drug-likeness (QED) is 0.898. The van der Waals surface area contributed by atoms with Crippen molar-refractivity contribution in [3.8, 4) is 0 Å². The highest BCUT2D eigenvalue weighted by Gasteiger charge is 2.17. The van der Waals surface area contributed by atoms with E-state index in [0.29, 0.717) is 0 Å². The zero-order valence-corrected chi connectivity index (χ0v) is 13.5. The fraction of sp³-hybridized carbons (Fsp3) is 0.300. The molecule has 0 bridgehead atoms. The molecule has 2 heteroatoms. The summed E-state index contributed by atoms with van der Waals surface area (Å²) in [6.45, 7) is 5.51. The highest BCUT2D eigenvalue weighted by atomic mass is 15.1. The molecule has 0 fully saturated rings. The zero-order valence-electron chi connectivity index (χ0n) is 13.5. The summed E-state index contributed by atoms with van der Waals surface area (Å²) >= 11 is 0. The van der Waals surface area contributed by atoms with Gasteiger partial charge in [0.1, 0.15) is 0 Å². The number of hydrogen-bond donors (Lipinski definition) is 1. The van der Waals surface area contributed by atoms with Crippen LogP contribution < -0.4 is 5.32 Å². The third kappa shape index (κ3) is 3.40. The molecule has 0 spiro atoms. The molecule has 0 amide bonds. The van der Waals surface area contributed by atoms with Gasteiger partial charge < -0.3 is 5.32 Å². The number of anilines is 1. The highest BCUT2D eigenvalue weighted by molar-refractivity contribution is 5.71. The average molecular weight is 292 g/mol. The molecule has 22 heavy (non-hydrogen) atoms. The van der Waals surface area contributed by atoms with E-state index >= 15 is 0 Å². The molecule has 2 nitrogen and oxygen atoms in total. The Balaban J connectivity index is 1.75. The van der Waals surface area contributed by atoms with Gasteiger partial charge in [0.15, 0.2) is 0 Å². The van der Waals surface area contributed by atoms with E-state index in [4.69, 9.17) is 0 Å². The average Bonchev–Trinajstić information content (AvgIpc) is 2.58. The fourth-order valence-electron chi connectivity index (χ4n) is 3.07. The monoisotopic (exact) mass is 292 g/mol. The van der Waals surface area contributed by atoms with E-state index < -0.39 is 0 Å². The topological polar surface area (TPSA) is 15.3 Å². The Kier molecular flexibility index (Phi) is 4.59. The largest absolute Gasteiger partial charge is 0.388 e. The lowest BCUT2D eigenvalue weighted by molar-refractivity contribution is 0.292. The van der Waals surface area contributed by atoms with Crippen LogP contribution in [0, 0.1) is 0 Å². The zero-order chi connectivity index (χ0) is 15.4. The molecule has 3 rings (SSSR count). The molecule has 2 aromatic rings. The van der Waals surface area contributed by atoms with Crippen molar-refractivity contribution < 1.29 is 0 Å². The highest BCUT2D eigenvalue weighted by Crippen LogP contribution is 2.28. The number of benzene rings is 2. The van der Waals surface area contributed by atoms with Gasteiger partial charge in [0, 0.05) is 32.4 Å². The van der Waals surface area contributed by atoms with E-state index in [2.05, 4.69) is 71.7 Å². The summed E-state index contributed by atoms with van der Waals surface area (Å²) in [6, 6.07) is 19.5. The van der Waals surface area contributed by atoms with Crippen LogP contribution in [0.25, 0.3) is 5.57 Å². The van der Waals surface area contributed by atoms with Gasteiger partial charge in [0.2, 0.25) is 0 Å². The lowest BCUT2D eigenvalue weighted by Gasteiger charge is -2.30. The summed E-state index contributed by atoms with van der Waals surface area (Å²) in [4.78, 5) is 2.55. The Morgan fingerprint density at radius 3 is 2.41 bits per heavy atom. The summed E-state index contributed by atoms with van der Waals surface area (Å²) < 4.78 is 0. The molecule has 1 heterocycles. The molecule has 0 saturated carbocycles. The van der Waals surface area contributed by atoms with Crippen LogP contribution in [0.4, 0.5) is 5.69 Å². The molecule has 1 aliphatic heterocycles. The first kappa shape index (κ1) is 14.9. The summed E-state index contributed by atoms with van der Waals surface area (Å²) in [6.07, 6.45) is 1.16. The minimum atomic E-state index is 1.03. The van der Waals surface area contributed by atoms with Gasteiger partial charge in [-0.2, -0.15) is 0 Å². The third-order valence-electron chi connectivity index (χ3n) is 4.47. The van der Waals surface area contributed by atoms with E-state index in [0.717, 1.165) is 26.1 Å². The van der Waals surface area contributed by atoms with Crippen LogP contribution >= 0.6 is 0 Å². The van der Waals surface area contributed by atoms with Gasteiger partial charge in [-0.3, -0.25) is 4.90 Å². The molecule has 0 saturated heterocycles. The second-order valence-electron chi connectivity index (χ2n) is 6.03. The predicted molar refractivity (Wildman–Crippen MR) is 94.9 cm³/mol. The van der Waals surface area contributed by atoms with Crippen molar-refractivity contribution in [2.24, 2.45) is 0 Å². The maximum absolute atomic E-state index is 3.18. The van der Waals surface area contributed by atoms with E-state index in [9.17, 15) is 0 Å². The Bertz CT molecular complexity index is 641. The van der Waals surface area contributed by atoms with Crippen LogP contribution in [0.5, 0.6) is 0 Å². The van der Waals surface area contributed by atoms with Crippen molar-refractivity contribution in [2.45, 2.75) is 19.9 Å². The van der Waals surface area contributed by atoms with Gasteiger partial charge in [0.25, 0.3) is 0 Å². The Hall–Kier alpha value is -2.06. The summed E-state index contributed by atoms with van der Waals surface area (Å²) in [7, 11) is 1.96. The number of nitrogens with zero attached hydrogens (tertiary/aromatic N) is 1. The lowest BCUT2D eigenvalue weighted by atomic mass is 9.94. The number of nitrogens with one attached hydrogen (secondary N) is 1. The van der Waals surface area contributed by atoms with Crippen LogP contribution in [-0.4, -0.2) is 25.0 Å². The molecule has 0 aromatic heterocycles. The Labute approximate surface area is 133 Å². The number of hydrogen-bond acceptors (Lipinski definition) is 2. The molecule has 2 aromatic carbocycles. The van der Waals surface area contributed by atoms with E-state index in [1.807, 2.05) is 7.05 Å². The van der Waals surface area contributed by atoms with Crippen LogP contribution in [0.2, 0.25) is 0 Å². The van der Waals surface area contributed by atoms with Crippen molar-refractivity contribution in [3.05, 3.63) is 71.3 Å². The lowest BCUT2D eigenvalue weighted by Crippen LogP contribution is -2.30. The van der Waals surface area contributed by atoms with Gasteiger partial charge in [-0.05, 0) is 42.2 Å².